The molecule has 118 valence electrons. The molecule has 2 rings (SSSR count). The molecule has 0 radical (unpaired) electrons. The third-order valence-electron chi connectivity index (χ3n) is 5.16. The maximum absolute atomic E-state index is 6.37. The number of benzene rings is 1. The van der Waals surface area contributed by atoms with Gasteiger partial charge in [0.1, 0.15) is 0 Å². The number of likely N-dealkylation sites (tertiary alicyclic amines) is 1. The predicted octanol–water partition coefficient (Wildman–Crippen LogP) is 3.14. The van der Waals surface area contributed by atoms with Crippen molar-refractivity contribution in [1.29, 1.82) is 0 Å². The van der Waals surface area contributed by atoms with Gasteiger partial charge in [0.25, 0.3) is 0 Å². The third-order valence-corrected chi connectivity index (χ3v) is 5.50. The number of hydrogen-bond acceptors (Lipinski definition) is 3. The number of likely N-dealkylation sites (N-methyl/N-ethyl adjacent to an activating group) is 1. The number of hydrogen-bond donors (Lipinski definition) is 1. The number of rotatable bonds is 5. The van der Waals surface area contributed by atoms with Gasteiger partial charge in [0.2, 0.25) is 0 Å². The molecule has 4 heteroatoms. The van der Waals surface area contributed by atoms with Crippen molar-refractivity contribution in [3.63, 3.8) is 0 Å². The van der Waals surface area contributed by atoms with Crippen LogP contribution in [0.25, 0.3) is 0 Å². The zero-order valence-electron chi connectivity index (χ0n) is 13.6. The quantitative estimate of drug-likeness (QED) is 0.907. The lowest BCUT2D eigenvalue weighted by Gasteiger charge is -2.42. The van der Waals surface area contributed by atoms with Crippen LogP contribution in [0.1, 0.15) is 38.8 Å². The molecule has 1 aromatic carbocycles. The fourth-order valence-corrected chi connectivity index (χ4v) is 3.65. The Morgan fingerprint density at radius 3 is 2.52 bits per heavy atom. The Morgan fingerprint density at radius 1 is 1.33 bits per heavy atom. The molecule has 0 bridgehead atoms. The van der Waals surface area contributed by atoms with E-state index in [0.717, 1.165) is 24.5 Å². The molecule has 2 N–H and O–H groups in total. The molecule has 0 aliphatic carbocycles. The van der Waals surface area contributed by atoms with Gasteiger partial charge in [0, 0.05) is 42.3 Å². The molecule has 1 heterocycles. The lowest BCUT2D eigenvalue weighted by atomic mass is 9.93. The van der Waals surface area contributed by atoms with E-state index in [-0.39, 0.29) is 11.6 Å². The Kier molecular flexibility index (Phi) is 5.31. The first-order valence-electron chi connectivity index (χ1n) is 7.83. The van der Waals surface area contributed by atoms with Crippen LogP contribution in [0.2, 0.25) is 5.02 Å². The van der Waals surface area contributed by atoms with Crippen molar-refractivity contribution in [2.24, 2.45) is 5.73 Å². The standard InChI is InChI=1S/C17H28ClN3/c1-13(2)21-10-9-17(11-19,12-21)20(4)14(3)15-7-5-6-8-16(15)18/h5-8,13-14H,9-12,19H2,1-4H3. The maximum atomic E-state index is 6.37. The van der Waals surface area contributed by atoms with Gasteiger partial charge in [-0.15, -0.1) is 0 Å². The van der Waals surface area contributed by atoms with Crippen molar-refractivity contribution < 1.29 is 0 Å². The molecular weight excluding hydrogens is 282 g/mol. The Balaban J connectivity index is 2.21. The first kappa shape index (κ1) is 16.8. The number of nitrogens with two attached hydrogens (primary N) is 1. The summed E-state index contributed by atoms with van der Waals surface area (Å²) < 4.78 is 0. The summed E-state index contributed by atoms with van der Waals surface area (Å²) in [5, 5.41) is 0.836. The van der Waals surface area contributed by atoms with Gasteiger partial charge >= 0.3 is 0 Å². The Hall–Kier alpha value is -0.610. The van der Waals surface area contributed by atoms with Crippen LogP contribution in [-0.2, 0) is 0 Å². The van der Waals surface area contributed by atoms with Crippen LogP contribution in [0.3, 0.4) is 0 Å². The van der Waals surface area contributed by atoms with Gasteiger partial charge in [0.15, 0.2) is 0 Å². The van der Waals surface area contributed by atoms with Crippen molar-refractivity contribution in [2.75, 3.05) is 26.7 Å². The first-order chi connectivity index (χ1) is 9.91. The van der Waals surface area contributed by atoms with Crippen LogP contribution in [-0.4, -0.2) is 48.1 Å². The van der Waals surface area contributed by atoms with E-state index in [1.165, 1.54) is 5.56 Å². The van der Waals surface area contributed by atoms with E-state index in [2.05, 4.69) is 49.8 Å². The van der Waals surface area contributed by atoms with Crippen molar-refractivity contribution in [3.05, 3.63) is 34.9 Å². The molecule has 21 heavy (non-hydrogen) atoms. The van der Waals surface area contributed by atoms with Crippen LogP contribution in [0.15, 0.2) is 24.3 Å². The highest BCUT2D eigenvalue weighted by Crippen LogP contribution is 2.35. The second-order valence-electron chi connectivity index (χ2n) is 6.55. The van der Waals surface area contributed by atoms with Gasteiger partial charge in [-0.3, -0.25) is 9.80 Å². The molecule has 3 nitrogen and oxygen atoms in total. The predicted molar refractivity (Wildman–Crippen MR) is 90.7 cm³/mol. The van der Waals surface area contributed by atoms with Crippen molar-refractivity contribution >= 4 is 11.6 Å². The van der Waals surface area contributed by atoms with Crippen molar-refractivity contribution in [1.82, 2.24) is 9.80 Å². The minimum absolute atomic E-state index is 0.0445. The molecule has 2 unspecified atom stereocenters. The summed E-state index contributed by atoms with van der Waals surface area (Å²) >= 11 is 6.37. The van der Waals surface area contributed by atoms with Gasteiger partial charge in [-0.25, -0.2) is 0 Å². The molecule has 0 amide bonds. The molecule has 0 saturated carbocycles. The highest BCUT2D eigenvalue weighted by Gasteiger charge is 2.42. The molecule has 1 fully saturated rings. The van der Waals surface area contributed by atoms with E-state index in [0.29, 0.717) is 12.6 Å². The Labute approximate surface area is 134 Å². The van der Waals surface area contributed by atoms with E-state index in [1.807, 2.05) is 12.1 Å². The molecule has 1 aliphatic rings. The molecule has 1 aliphatic heterocycles. The summed E-state index contributed by atoms with van der Waals surface area (Å²) in [6.07, 6.45) is 1.12. The largest absolute Gasteiger partial charge is 0.329 e. The average Bonchev–Trinajstić information content (AvgIpc) is 2.92. The van der Waals surface area contributed by atoms with Crippen molar-refractivity contribution in [2.45, 2.75) is 44.8 Å². The minimum Gasteiger partial charge on any atom is -0.329 e. The van der Waals surface area contributed by atoms with Gasteiger partial charge in [-0.2, -0.15) is 0 Å². The summed E-state index contributed by atoms with van der Waals surface area (Å²) in [7, 11) is 2.19. The van der Waals surface area contributed by atoms with Crippen LogP contribution >= 0.6 is 11.6 Å². The van der Waals surface area contributed by atoms with E-state index in [4.69, 9.17) is 17.3 Å². The maximum Gasteiger partial charge on any atom is 0.0473 e. The monoisotopic (exact) mass is 309 g/mol. The Morgan fingerprint density at radius 2 is 2.00 bits per heavy atom. The van der Waals surface area contributed by atoms with Crippen LogP contribution in [0, 0.1) is 0 Å². The first-order valence-corrected chi connectivity index (χ1v) is 8.20. The second kappa shape index (κ2) is 6.66. The second-order valence-corrected chi connectivity index (χ2v) is 6.96. The zero-order valence-corrected chi connectivity index (χ0v) is 14.4. The lowest BCUT2D eigenvalue weighted by molar-refractivity contribution is 0.0853. The van der Waals surface area contributed by atoms with Crippen LogP contribution in [0.5, 0.6) is 0 Å². The topological polar surface area (TPSA) is 32.5 Å². The van der Waals surface area contributed by atoms with E-state index in [1.54, 1.807) is 0 Å². The van der Waals surface area contributed by atoms with Crippen LogP contribution in [0.4, 0.5) is 0 Å². The average molecular weight is 310 g/mol. The molecular formula is C17H28ClN3. The lowest BCUT2D eigenvalue weighted by Crippen LogP contribution is -2.55. The summed E-state index contributed by atoms with van der Waals surface area (Å²) in [6.45, 7) is 9.56. The normalized spacial score (nSPS) is 25.0. The fraction of sp³-hybridized carbons (Fsp3) is 0.647. The van der Waals surface area contributed by atoms with Crippen molar-refractivity contribution in [3.8, 4) is 0 Å². The summed E-state index contributed by atoms with van der Waals surface area (Å²) in [6, 6.07) is 8.94. The van der Waals surface area contributed by atoms with E-state index in [9.17, 15) is 0 Å². The van der Waals surface area contributed by atoms with Gasteiger partial charge < -0.3 is 5.73 Å². The highest BCUT2D eigenvalue weighted by atomic mass is 35.5. The van der Waals surface area contributed by atoms with E-state index < -0.39 is 0 Å². The molecule has 2 atom stereocenters. The Bertz CT molecular complexity index is 477. The van der Waals surface area contributed by atoms with Gasteiger partial charge in [-0.05, 0) is 45.9 Å². The summed E-state index contributed by atoms with van der Waals surface area (Å²) in [4.78, 5) is 4.94. The summed E-state index contributed by atoms with van der Waals surface area (Å²) in [5.41, 5.74) is 7.41. The van der Waals surface area contributed by atoms with E-state index >= 15 is 0 Å². The van der Waals surface area contributed by atoms with Crippen LogP contribution < -0.4 is 5.73 Å². The van der Waals surface area contributed by atoms with Gasteiger partial charge in [0.05, 0.1) is 0 Å². The number of halogens is 1. The third kappa shape index (κ3) is 3.26. The summed E-state index contributed by atoms with van der Waals surface area (Å²) in [5.74, 6) is 0. The molecule has 0 aromatic heterocycles. The smallest absolute Gasteiger partial charge is 0.0473 e. The minimum atomic E-state index is 0.0445. The van der Waals surface area contributed by atoms with Gasteiger partial charge in [-0.1, -0.05) is 29.8 Å². The fourth-order valence-electron chi connectivity index (χ4n) is 3.36. The molecule has 1 aromatic rings. The molecule has 0 spiro atoms. The molecule has 1 saturated heterocycles. The SMILES string of the molecule is CC(C)N1CCC(CN)(N(C)C(C)c2ccccc2Cl)C1. The highest BCUT2D eigenvalue weighted by molar-refractivity contribution is 6.31. The zero-order chi connectivity index (χ0) is 15.6. The number of nitrogens with zero attached hydrogens (tertiary/aromatic N) is 2.